The van der Waals surface area contributed by atoms with Crippen molar-refractivity contribution >= 4 is 71.2 Å². The minimum atomic E-state index is -0.253. The van der Waals surface area contributed by atoms with Crippen LogP contribution in [0.3, 0.4) is 0 Å². The highest BCUT2D eigenvalue weighted by Crippen LogP contribution is 2.53. The summed E-state index contributed by atoms with van der Waals surface area (Å²) in [5, 5.41) is 34.6. The van der Waals surface area contributed by atoms with Crippen LogP contribution in [0.5, 0.6) is 0 Å². The lowest BCUT2D eigenvalue weighted by atomic mass is 9.87. The third-order valence-corrected chi connectivity index (χ3v) is 6.63. The molecule has 0 unspecified atom stereocenters. The molecule has 0 saturated heterocycles. The molecule has 0 fully saturated rings. The highest BCUT2D eigenvalue weighted by molar-refractivity contribution is 6.41. The molecule has 5 aromatic carbocycles. The average Bonchev–Trinajstić information content (AvgIpc) is 2.98. The van der Waals surface area contributed by atoms with Gasteiger partial charge in [-0.25, -0.2) is 9.97 Å². The number of rotatable bonds is 0. The summed E-state index contributed by atoms with van der Waals surface area (Å²) in [5.41, 5.74) is -0.689. The van der Waals surface area contributed by atoms with Crippen LogP contribution in [0.1, 0.15) is 17.0 Å². The van der Waals surface area contributed by atoms with Crippen molar-refractivity contribution in [2.75, 3.05) is 0 Å². The second kappa shape index (κ2) is 7.99. The van der Waals surface area contributed by atoms with Gasteiger partial charge in [0.05, 0.1) is 42.4 Å². The van der Waals surface area contributed by atoms with Gasteiger partial charge in [0.2, 0.25) is 11.4 Å². The molecule has 0 aliphatic carbocycles. The average molecular weight is 480 g/mol. The molecule has 0 bridgehead atoms. The van der Waals surface area contributed by atoms with Crippen molar-refractivity contribution in [3.05, 3.63) is 99.7 Å². The molecule has 6 rings (SSSR count). The number of benzene rings is 5. The molecule has 0 saturated carbocycles. The molecule has 0 aliphatic heterocycles. The van der Waals surface area contributed by atoms with Gasteiger partial charge in [0.25, 0.3) is 0 Å². The molecule has 1 aromatic heterocycles. The molecule has 168 valence electrons. The van der Waals surface area contributed by atoms with Crippen molar-refractivity contribution in [1.29, 1.82) is 15.8 Å². The van der Waals surface area contributed by atoms with E-state index in [-0.39, 0.29) is 50.4 Å². The van der Waals surface area contributed by atoms with E-state index in [4.69, 9.17) is 19.7 Å². The fraction of sp³-hybridized carbons (Fsp3) is 0. The van der Waals surface area contributed by atoms with Crippen molar-refractivity contribution in [3.8, 4) is 18.2 Å². The largest absolute Gasteiger partial charge is 0.262 e. The lowest BCUT2D eigenvalue weighted by Crippen LogP contribution is -2.00. The topological polar surface area (TPSA) is 110 Å². The Bertz CT molecular complexity index is 2360. The number of fused-ring (bicyclic) bond motifs is 11. The number of aromatic nitrogens is 2. The third kappa shape index (κ3) is 2.61. The molecule has 38 heavy (non-hydrogen) atoms. The van der Waals surface area contributed by atoms with E-state index >= 15 is 0 Å². The van der Waals surface area contributed by atoms with Gasteiger partial charge in [-0.2, -0.15) is 15.8 Å². The molecule has 0 atom stereocenters. The van der Waals surface area contributed by atoms with E-state index in [2.05, 4.69) is 24.5 Å². The van der Waals surface area contributed by atoms with Crippen LogP contribution < -0.4 is 0 Å². The van der Waals surface area contributed by atoms with Gasteiger partial charge in [-0.1, -0.05) is 48.5 Å². The minimum Gasteiger partial charge on any atom is -0.262 e. The van der Waals surface area contributed by atoms with Crippen LogP contribution in [0.4, 0.5) is 17.1 Å². The van der Waals surface area contributed by atoms with Gasteiger partial charge in [0.15, 0.2) is 17.1 Å². The maximum Gasteiger partial charge on any atom is 0.202 e. The molecular weight excluding hydrogens is 472 g/mol. The van der Waals surface area contributed by atoms with Gasteiger partial charge in [-0.3, -0.25) is 14.5 Å². The lowest BCUT2D eigenvalue weighted by molar-refractivity contribution is 1.21. The molecule has 1 heterocycles. The Morgan fingerprint density at radius 3 is 1.47 bits per heavy atom. The Balaban J connectivity index is 2.20. The number of nitrogens with zero attached hydrogens (tertiary/aromatic N) is 8. The zero-order chi connectivity index (χ0) is 26.6. The van der Waals surface area contributed by atoms with Crippen molar-refractivity contribution < 1.29 is 0 Å². The Morgan fingerprint density at radius 2 is 1.00 bits per heavy atom. The van der Waals surface area contributed by atoms with Gasteiger partial charge in [-0.15, -0.1) is 0 Å². The first-order chi connectivity index (χ1) is 18.6. The van der Waals surface area contributed by atoms with Gasteiger partial charge in [0, 0.05) is 10.8 Å². The normalized spacial score (nSPS) is 10.5. The molecule has 8 nitrogen and oxygen atoms in total. The van der Waals surface area contributed by atoms with E-state index in [1.165, 1.54) is 0 Å². The van der Waals surface area contributed by atoms with E-state index < -0.39 is 0 Å². The summed E-state index contributed by atoms with van der Waals surface area (Å²) in [6, 6.07) is 21.1. The zero-order valence-electron chi connectivity index (χ0n) is 19.2. The number of nitriles is 3. The van der Waals surface area contributed by atoms with Crippen LogP contribution >= 0.6 is 0 Å². The summed E-state index contributed by atoms with van der Waals surface area (Å²) in [6.07, 6.45) is 0. The highest BCUT2D eigenvalue weighted by Gasteiger charge is 2.27. The van der Waals surface area contributed by atoms with Gasteiger partial charge in [0.1, 0.15) is 12.1 Å². The fourth-order valence-electron chi connectivity index (χ4n) is 5.21. The summed E-state index contributed by atoms with van der Waals surface area (Å²) in [5.74, 6) is 0. The Hall–Kier alpha value is -6.58. The first-order valence-corrected chi connectivity index (χ1v) is 11.1. The van der Waals surface area contributed by atoms with Gasteiger partial charge < -0.3 is 0 Å². The summed E-state index contributed by atoms with van der Waals surface area (Å²) in [4.78, 5) is 19.7. The van der Waals surface area contributed by atoms with E-state index in [9.17, 15) is 15.8 Å². The first-order valence-electron chi connectivity index (χ1n) is 11.1. The van der Waals surface area contributed by atoms with E-state index in [1.54, 1.807) is 0 Å². The summed E-state index contributed by atoms with van der Waals surface area (Å²) < 4.78 is 0. The highest BCUT2D eigenvalue weighted by atomic mass is 14.9. The smallest absolute Gasteiger partial charge is 0.202 e. The first kappa shape index (κ1) is 21.9. The molecule has 8 heteroatoms. The molecule has 0 N–H and O–H groups in total. The van der Waals surface area contributed by atoms with Crippen molar-refractivity contribution in [1.82, 2.24) is 9.97 Å². The molecule has 0 radical (unpaired) electrons. The monoisotopic (exact) mass is 480 g/mol. The summed E-state index contributed by atoms with van der Waals surface area (Å²) >= 11 is 0. The molecule has 6 aromatic rings. The molecular formula is C30H8N8. The Morgan fingerprint density at radius 1 is 0.526 bits per heavy atom. The van der Waals surface area contributed by atoms with E-state index in [0.717, 1.165) is 21.5 Å². The van der Waals surface area contributed by atoms with Gasteiger partial charge >= 0.3 is 0 Å². The minimum absolute atomic E-state index is 0.0722. The maximum atomic E-state index is 10.2. The fourth-order valence-corrected chi connectivity index (χ4v) is 5.21. The Kier molecular flexibility index (Phi) is 4.61. The van der Waals surface area contributed by atoms with Crippen molar-refractivity contribution in [3.63, 3.8) is 0 Å². The van der Waals surface area contributed by atoms with E-state index in [1.807, 2.05) is 66.7 Å². The van der Waals surface area contributed by atoms with E-state index in [0.29, 0.717) is 16.2 Å². The zero-order valence-corrected chi connectivity index (χ0v) is 19.2. The molecule has 0 amide bonds. The second-order valence-corrected chi connectivity index (χ2v) is 8.30. The SMILES string of the molecule is [C-]#[N+]c1c([N+]#[C-])c([N+]#[C-])c2c(c1C#N)c1nc(C#N)c(C#N)nc1c1c3ccccc3c3ccccc3c21. The summed E-state index contributed by atoms with van der Waals surface area (Å²) in [6.45, 7) is 23.5. The van der Waals surface area contributed by atoms with Crippen molar-refractivity contribution in [2.24, 2.45) is 0 Å². The van der Waals surface area contributed by atoms with Crippen LogP contribution in [-0.4, -0.2) is 9.97 Å². The van der Waals surface area contributed by atoms with Crippen LogP contribution in [-0.2, 0) is 0 Å². The quantitative estimate of drug-likeness (QED) is 0.165. The third-order valence-electron chi connectivity index (χ3n) is 6.63. The predicted molar refractivity (Wildman–Crippen MR) is 142 cm³/mol. The maximum absolute atomic E-state index is 10.2. The van der Waals surface area contributed by atoms with Gasteiger partial charge in [-0.05, 0) is 32.3 Å². The second-order valence-electron chi connectivity index (χ2n) is 8.30. The Labute approximate surface area is 214 Å². The molecule has 0 spiro atoms. The predicted octanol–water partition coefficient (Wildman–Crippen LogP) is 7.51. The number of hydrogen-bond acceptors (Lipinski definition) is 5. The molecule has 0 aliphatic rings. The van der Waals surface area contributed by atoms with Crippen molar-refractivity contribution in [2.45, 2.75) is 0 Å². The van der Waals surface area contributed by atoms with Crippen LogP contribution in [0.25, 0.3) is 68.7 Å². The summed E-state index contributed by atoms with van der Waals surface area (Å²) in [7, 11) is 0. The lowest BCUT2D eigenvalue weighted by Gasteiger charge is -2.18. The van der Waals surface area contributed by atoms with Crippen LogP contribution in [0, 0.1) is 53.7 Å². The van der Waals surface area contributed by atoms with Crippen LogP contribution in [0.15, 0.2) is 48.5 Å². The van der Waals surface area contributed by atoms with Crippen LogP contribution in [0.2, 0.25) is 0 Å². The number of hydrogen-bond donors (Lipinski definition) is 0. The standard InChI is InChI=1S/C30H8N8/c1-34-26-19(12-31)24-25(27(35-2)30(26)36-3)22-17-10-6-4-8-15(17)16-9-5-7-11-18(16)23(22)28-29(24)38-21(14-33)20(13-32)37-28/h4-11H.